The van der Waals surface area contributed by atoms with Crippen molar-refractivity contribution in [2.24, 2.45) is 5.73 Å². The maximum atomic E-state index is 13.9. The largest absolute Gasteiger partial charge is 0.416 e. The molecule has 1 amide bonds. The Kier molecular flexibility index (Phi) is 4.06. The minimum atomic E-state index is -4.69. The molecular formula is C14H6F7NO. The fourth-order valence-corrected chi connectivity index (χ4v) is 1.93. The van der Waals surface area contributed by atoms with E-state index in [4.69, 9.17) is 0 Å². The number of alkyl halides is 3. The summed E-state index contributed by atoms with van der Waals surface area (Å²) in [4.78, 5) is 10.8. The number of nitrogens with two attached hydrogens (primary N) is 1. The fraction of sp³-hybridized carbons (Fsp3) is 0.0714. The van der Waals surface area contributed by atoms with Gasteiger partial charge in [-0.3, -0.25) is 4.79 Å². The third-order valence-electron chi connectivity index (χ3n) is 3.01. The molecule has 0 spiro atoms. The van der Waals surface area contributed by atoms with Gasteiger partial charge < -0.3 is 5.73 Å². The predicted molar refractivity (Wildman–Crippen MR) is 65.2 cm³/mol. The fourth-order valence-electron chi connectivity index (χ4n) is 1.93. The van der Waals surface area contributed by atoms with Gasteiger partial charge in [0.15, 0.2) is 23.3 Å². The SMILES string of the molecule is NC(=O)c1c(F)c(F)c(-c2ccc(C(F)(F)F)cc2)c(F)c1F. The molecule has 0 atom stereocenters. The van der Waals surface area contributed by atoms with Crippen LogP contribution in [0.3, 0.4) is 0 Å². The van der Waals surface area contributed by atoms with Crippen molar-refractivity contribution >= 4 is 5.91 Å². The second-order valence-corrected chi connectivity index (χ2v) is 4.45. The van der Waals surface area contributed by atoms with Gasteiger partial charge in [0.2, 0.25) is 0 Å². The van der Waals surface area contributed by atoms with Crippen LogP contribution in [-0.2, 0) is 6.18 Å². The number of carbonyl (C=O) groups excluding carboxylic acids is 1. The van der Waals surface area contributed by atoms with Crippen LogP contribution >= 0.6 is 0 Å². The molecule has 2 nitrogen and oxygen atoms in total. The van der Waals surface area contributed by atoms with Gasteiger partial charge in [-0.15, -0.1) is 0 Å². The quantitative estimate of drug-likeness (QED) is 0.653. The Morgan fingerprint density at radius 3 is 1.61 bits per heavy atom. The molecule has 0 bridgehead atoms. The van der Waals surface area contributed by atoms with Gasteiger partial charge >= 0.3 is 6.18 Å². The number of benzene rings is 2. The molecule has 9 heteroatoms. The molecule has 0 fully saturated rings. The third kappa shape index (κ3) is 2.86. The average Bonchev–Trinajstić information content (AvgIpc) is 2.45. The first-order valence-electron chi connectivity index (χ1n) is 5.89. The van der Waals surface area contributed by atoms with Crippen molar-refractivity contribution in [3.8, 4) is 11.1 Å². The summed E-state index contributed by atoms with van der Waals surface area (Å²) < 4.78 is 92.3. The molecule has 0 radical (unpaired) electrons. The normalized spacial score (nSPS) is 11.6. The van der Waals surface area contributed by atoms with Crippen LogP contribution in [-0.4, -0.2) is 5.91 Å². The summed E-state index contributed by atoms with van der Waals surface area (Å²) in [7, 11) is 0. The van der Waals surface area contributed by atoms with E-state index in [-0.39, 0.29) is 0 Å². The van der Waals surface area contributed by atoms with E-state index in [1.165, 1.54) is 0 Å². The van der Waals surface area contributed by atoms with E-state index in [0.717, 1.165) is 0 Å². The van der Waals surface area contributed by atoms with Gasteiger partial charge in [-0.2, -0.15) is 13.2 Å². The zero-order valence-electron chi connectivity index (χ0n) is 10.9. The highest BCUT2D eigenvalue weighted by atomic mass is 19.4. The lowest BCUT2D eigenvalue weighted by Gasteiger charge is -2.12. The minimum Gasteiger partial charge on any atom is -0.365 e. The van der Waals surface area contributed by atoms with Crippen LogP contribution in [0.1, 0.15) is 15.9 Å². The summed E-state index contributed by atoms with van der Waals surface area (Å²) in [5.74, 6) is -9.63. The Hall–Kier alpha value is -2.58. The molecule has 0 aliphatic heterocycles. The van der Waals surface area contributed by atoms with Crippen molar-refractivity contribution in [1.29, 1.82) is 0 Å². The highest BCUT2D eigenvalue weighted by Gasteiger charge is 2.32. The van der Waals surface area contributed by atoms with Gasteiger partial charge in [0.05, 0.1) is 11.1 Å². The summed E-state index contributed by atoms with van der Waals surface area (Å²) in [6.45, 7) is 0. The lowest BCUT2D eigenvalue weighted by atomic mass is 9.99. The van der Waals surface area contributed by atoms with Crippen molar-refractivity contribution in [3.05, 3.63) is 58.7 Å². The van der Waals surface area contributed by atoms with Crippen LogP contribution in [0.25, 0.3) is 11.1 Å². The number of hydrogen-bond donors (Lipinski definition) is 1. The monoisotopic (exact) mass is 337 g/mol. The summed E-state index contributed by atoms with van der Waals surface area (Å²) in [6.07, 6.45) is -4.69. The topological polar surface area (TPSA) is 43.1 Å². The number of primary amides is 1. The van der Waals surface area contributed by atoms with Gasteiger partial charge in [-0.1, -0.05) is 12.1 Å². The number of carbonyl (C=O) groups is 1. The summed E-state index contributed by atoms with van der Waals surface area (Å²) >= 11 is 0. The van der Waals surface area contributed by atoms with E-state index in [2.05, 4.69) is 5.73 Å². The Morgan fingerprint density at radius 2 is 1.26 bits per heavy atom. The van der Waals surface area contributed by atoms with E-state index in [1.807, 2.05) is 0 Å². The summed E-state index contributed by atoms with van der Waals surface area (Å²) in [5.41, 5.74) is 0.140. The number of amides is 1. The summed E-state index contributed by atoms with van der Waals surface area (Å²) in [5, 5.41) is 0. The maximum Gasteiger partial charge on any atom is 0.416 e. The van der Waals surface area contributed by atoms with Crippen molar-refractivity contribution in [2.75, 3.05) is 0 Å². The lowest BCUT2D eigenvalue weighted by Crippen LogP contribution is -2.18. The molecule has 2 aromatic rings. The first kappa shape index (κ1) is 16.8. The van der Waals surface area contributed by atoms with Crippen LogP contribution < -0.4 is 5.73 Å². The second-order valence-electron chi connectivity index (χ2n) is 4.45. The van der Waals surface area contributed by atoms with Crippen LogP contribution in [0.15, 0.2) is 24.3 Å². The lowest BCUT2D eigenvalue weighted by molar-refractivity contribution is -0.137. The van der Waals surface area contributed by atoms with E-state index < -0.39 is 57.6 Å². The number of halogens is 7. The van der Waals surface area contributed by atoms with E-state index in [9.17, 15) is 35.5 Å². The smallest absolute Gasteiger partial charge is 0.365 e. The highest BCUT2D eigenvalue weighted by Crippen LogP contribution is 2.34. The molecule has 2 aromatic carbocycles. The molecule has 23 heavy (non-hydrogen) atoms. The predicted octanol–water partition coefficient (Wildman–Crippen LogP) is 4.03. The van der Waals surface area contributed by atoms with E-state index >= 15 is 0 Å². The van der Waals surface area contributed by atoms with Crippen LogP contribution in [0.2, 0.25) is 0 Å². The molecule has 0 saturated heterocycles. The first-order valence-corrected chi connectivity index (χ1v) is 5.89. The minimum absolute atomic E-state index is 0.492. The van der Waals surface area contributed by atoms with Crippen molar-refractivity contribution in [1.82, 2.24) is 0 Å². The second kappa shape index (κ2) is 5.56. The number of hydrogen-bond acceptors (Lipinski definition) is 1. The first-order chi connectivity index (χ1) is 10.6. The zero-order valence-corrected chi connectivity index (χ0v) is 10.9. The Labute approximate surface area is 124 Å². The highest BCUT2D eigenvalue weighted by molar-refractivity contribution is 5.94. The Balaban J connectivity index is 2.68. The molecular weight excluding hydrogens is 331 g/mol. The zero-order chi connectivity index (χ0) is 17.5. The molecule has 0 aromatic heterocycles. The average molecular weight is 337 g/mol. The van der Waals surface area contributed by atoms with Crippen LogP contribution in [0.5, 0.6) is 0 Å². The van der Waals surface area contributed by atoms with Gasteiger partial charge in [0, 0.05) is 0 Å². The van der Waals surface area contributed by atoms with Crippen LogP contribution in [0, 0.1) is 23.3 Å². The molecule has 122 valence electrons. The van der Waals surface area contributed by atoms with E-state index in [1.54, 1.807) is 0 Å². The number of rotatable bonds is 2. The summed E-state index contributed by atoms with van der Waals surface area (Å²) in [6, 6.07) is 2.28. The van der Waals surface area contributed by atoms with Crippen molar-refractivity contribution in [3.63, 3.8) is 0 Å². The molecule has 2 N–H and O–H groups in total. The Bertz CT molecular complexity index is 752. The Morgan fingerprint density at radius 1 is 0.826 bits per heavy atom. The molecule has 0 aliphatic rings. The standard InChI is InChI=1S/C14H6F7NO/c15-9-7(5-1-3-6(4-2-5)14(19,20)21)10(16)12(18)8(11(9)17)13(22)23/h1-4H,(H2,22,23). The molecule has 0 aliphatic carbocycles. The van der Waals surface area contributed by atoms with Gasteiger partial charge in [0.25, 0.3) is 5.91 Å². The van der Waals surface area contributed by atoms with Crippen LogP contribution in [0.4, 0.5) is 30.7 Å². The third-order valence-corrected chi connectivity index (χ3v) is 3.01. The molecule has 0 saturated carbocycles. The van der Waals surface area contributed by atoms with Gasteiger partial charge in [0.1, 0.15) is 5.56 Å². The molecule has 0 heterocycles. The van der Waals surface area contributed by atoms with Gasteiger partial charge in [-0.25, -0.2) is 17.6 Å². The molecule has 2 rings (SSSR count). The van der Waals surface area contributed by atoms with Gasteiger partial charge in [-0.05, 0) is 17.7 Å². The maximum absolute atomic E-state index is 13.9. The van der Waals surface area contributed by atoms with E-state index in [0.29, 0.717) is 24.3 Å². The molecule has 0 unspecified atom stereocenters. The van der Waals surface area contributed by atoms with Crippen molar-refractivity contribution in [2.45, 2.75) is 6.18 Å². The van der Waals surface area contributed by atoms with Crippen molar-refractivity contribution < 1.29 is 35.5 Å².